The second kappa shape index (κ2) is 14.9. The van der Waals surface area contributed by atoms with Gasteiger partial charge in [-0.15, -0.1) is 0 Å². The number of rotatable bonds is 13. The van der Waals surface area contributed by atoms with E-state index in [0.29, 0.717) is 13.0 Å². The van der Waals surface area contributed by atoms with Gasteiger partial charge in [0.25, 0.3) is 0 Å². The number of aliphatic hydroxyl groups is 2. The number of carbonyl (C=O) groups excluding carboxylic acids is 3. The molecule has 0 bridgehead atoms. The van der Waals surface area contributed by atoms with E-state index in [2.05, 4.69) is 17.2 Å². The molecule has 2 unspecified atom stereocenters. The number of anilines is 1. The van der Waals surface area contributed by atoms with Crippen LogP contribution in [0, 0.1) is 11.8 Å². The molecule has 0 spiro atoms. The van der Waals surface area contributed by atoms with Crippen molar-refractivity contribution >= 4 is 23.5 Å². The third-order valence-electron chi connectivity index (χ3n) is 6.01. The third kappa shape index (κ3) is 8.70. The van der Waals surface area contributed by atoms with Gasteiger partial charge in [0.15, 0.2) is 6.29 Å². The second-order valence-corrected chi connectivity index (χ2v) is 8.84. The summed E-state index contributed by atoms with van der Waals surface area (Å²) in [5, 5.41) is 21.5. The van der Waals surface area contributed by atoms with Crippen molar-refractivity contribution in [2.24, 2.45) is 0 Å². The van der Waals surface area contributed by atoms with Crippen molar-refractivity contribution in [2.75, 3.05) is 24.7 Å². The Morgan fingerprint density at radius 2 is 1.74 bits per heavy atom. The number of hydrogen-bond donors (Lipinski definition) is 3. The van der Waals surface area contributed by atoms with Crippen molar-refractivity contribution in [1.29, 1.82) is 0 Å². The van der Waals surface area contributed by atoms with Crippen molar-refractivity contribution < 1.29 is 34.1 Å². The molecule has 9 heteroatoms. The Bertz CT molecular complexity index is 1170. The fourth-order valence-corrected chi connectivity index (χ4v) is 3.90. The first-order valence-corrected chi connectivity index (χ1v) is 12.8. The molecule has 202 valence electrons. The molecule has 2 atom stereocenters. The number of benzene rings is 2. The van der Waals surface area contributed by atoms with E-state index in [9.17, 15) is 19.5 Å². The topological polar surface area (TPSA) is 125 Å². The first-order valence-electron chi connectivity index (χ1n) is 12.8. The molecule has 2 aromatic rings. The van der Waals surface area contributed by atoms with E-state index in [4.69, 9.17) is 14.6 Å². The van der Waals surface area contributed by atoms with Gasteiger partial charge in [0.1, 0.15) is 6.61 Å². The highest BCUT2D eigenvalue weighted by atomic mass is 16.6. The van der Waals surface area contributed by atoms with Gasteiger partial charge in [0.2, 0.25) is 11.8 Å². The highest BCUT2D eigenvalue weighted by molar-refractivity contribution is 5.95. The van der Waals surface area contributed by atoms with Crippen LogP contribution in [0.15, 0.2) is 48.5 Å². The Balaban J connectivity index is 1.41. The lowest BCUT2D eigenvalue weighted by molar-refractivity contribution is -0.183. The van der Waals surface area contributed by atoms with E-state index in [1.54, 1.807) is 11.8 Å². The molecule has 2 aromatic carbocycles. The van der Waals surface area contributed by atoms with Crippen LogP contribution >= 0.6 is 0 Å². The summed E-state index contributed by atoms with van der Waals surface area (Å²) in [5.74, 6) is 5.38. The zero-order valence-corrected chi connectivity index (χ0v) is 21.5. The number of fused-ring (bicyclic) bond motifs is 2. The van der Waals surface area contributed by atoms with E-state index in [1.165, 1.54) is 0 Å². The normalized spacial score (nSPS) is 13.5. The van der Waals surface area contributed by atoms with Crippen molar-refractivity contribution in [2.45, 2.75) is 58.0 Å². The fourth-order valence-electron chi connectivity index (χ4n) is 3.90. The number of nitrogens with one attached hydrogen (secondary N) is 1. The Labute approximate surface area is 222 Å². The van der Waals surface area contributed by atoms with Crippen LogP contribution in [0.25, 0.3) is 0 Å². The molecule has 3 rings (SSSR count). The highest BCUT2D eigenvalue weighted by Crippen LogP contribution is 2.25. The lowest BCUT2D eigenvalue weighted by atomic mass is 10.0. The molecule has 0 aliphatic carbocycles. The van der Waals surface area contributed by atoms with Crippen molar-refractivity contribution in [1.82, 2.24) is 5.32 Å². The molecule has 2 amide bonds. The maximum atomic E-state index is 13.2. The lowest BCUT2D eigenvalue weighted by Crippen LogP contribution is -2.35. The minimum atomic E-state index is -1.32. The smallest absolute Gasteiger partial charge is 0.305 e. The summed E-state index contributed by atoms with van der Waals surface area (Å²) in [4.78, 5) is 38.9. The molecule has 0 aromatic heterocycles. The molecule has 0 fully saturated rings. The summed E-state index contributed by atoms with van der Waals surface area (Å²) in [6, 6.07) is 15.2. The molecule has 38 heavy (non-hydrogen) atoms. The predicted octanol–water partition coefficient (Wildman–Crippen LogP) is 2.26. The molecular formula is C29H34N2O7. The number of carbonyl (C=O) groups is 3. The Kier molecular flexibility index (Phi) is 11.3. The van der Waals surface area contributed by atoms with Gasteiger partial charge in [-0.1, -0.05) is 49.1 Å². The van der Waals surface area contributed by atoms with E-state index in [0.717, 1.165) is 22.4 Å². The summed E-state index contributed by atoms with van der Waals surface area (Å²) in [6.45, 7) is 1.76. The quantitative estimate of drug-likeness (QED) is 0.209. The summed E-state index contributed by atoms with van der Waals surface area (Å²) in [6.07, 6.45) is -0.862. The lowest BCUT2D eigenvalue weighted by Gasteiger charge is -2.26. The number of para-hydroxylation sites is 1. The van der Waals surface area contributed by atoms with Crippen LogP contribution in [0.5, 0.6) is 0 Å². The average molecular weight is 523 g/mol. The third-order valence-corrected chi connectivity index (χ3v) is 6.01. The zero-order valence-electron chi connectivity index (χ0n) is 21.5. The Morgan fingerprint density at radius 1 is 1.03 bits per heavy atom. The van der Waals surface area contributed by atoms with Gasteiger partial charge < -0.3 is 29.9 Å². The van der Waals surface area contributed by atoms with Gasteiger partial charge in [-0.05, 0) is 36.6 Å². The molecule has 0 saturated carbocycles. The first kappa shape index (κ1) is 28.9. The maximum absolute atomic E-state index is 13.2. The highest BCUT2D eigenvalue weighted by Gasteiger charge is 2.21. The van der Waals surface area contributed by atoms with Crippen LogP contribution < -0.4 is 10.2 Å². The number of aliphatic hydroxyl groups excluding tert-OH is 2. The average Bonchev–Trinajstić information content (AvgIpc) is 2.91. The van der Waals surface area contributed by atoms with Crippen molar-refractivity contribution in [3.63, 3.8) is 0 Å². The molecular weight excluding hydrogens is 488 g/mol. The van der Waals surface area contributed by atoms with E-state index in [-0.39, 0.29) is 57.3 Å². The van der Waals surface area contributed by atoms with Gasteiger partial charge >= 0.3 is 5.97 Å². The van der Waals surface area contributed by atoms with Gasteiger partial charge in [0, 0.05) is 36.9 Å². The summed E-state index contributed by atoms with van der Waals surface area (Å²) in [7, 11) is 0. The molecule has 0 radical (unpaired) electrons. The molecule has 3 N–H and O–H groups in total. The minimum absolute atomic E-state index is 0.00127. The van der Waals surface area contributed by atoms with E-state index in [1.807, 2.05) is 48.5 Å². The number of amides is 2. The molecule has 0 saturated heterocycles. The largest absolute Gasteiger partial charge is 0.460 e. The van der Waals surface area contributed by atoms with Crippen LogP contribution in [0.2, 0.25) is 0 Å². The standard InChI is InChI=1S/C29H34N2O7/c1-2-24(19-32)38-29(36)20-37-28(35)13-7-12-26(33)30-17-16-27(34)31-18-23-10-4-3-8-21(23)14-15-22-9-5-6-11-25(22)31/h3-6,8-11,24,29,32,36H,2,7,12-13,16-20H2,1H3,(H,30,33). The summed E-state index contributed by atoms with van der Waals surface area (Å²) < 4.78 is 10.1. The van der Waals surface area contributed by atoms with Crippen molar-refractivity contribution in [3.8, 4) is 11.8 Å². The molecule has 1 aliphatic heterocycles. The molecule has 1 aliphatic rings. The van der Waals surface area contributed by atoms with Crippen LogP contribution in [0.1, 0.15) is 55.7 Å². The summed E-state index contributed by atoms with van der Waals surface area (Å²) >= 11 is 0. The molecule has 1 heterocycles. The monoisotopic (exact) mass is 522 g/mol. The zero-order chi connectivity index (χ0) is 27.3. The summed E-state index contributed by atoms with van der Waals surface area (Å²) in [5.41, 5.74) is 3.34. The van der Waals surface area contributed by atoms with Gasteiger partial charge in [-0.25, -0.2) is 0 Å². The van der Waals surface area contributed by atoms with Crippen LogP contribution in [-0.4, -0.2) is 60.1 Å². The fraction of sp³-hybridized carbons (Fsp3) is 0.414. The van der Waals surface area contributed by atoms with Crippen LogP contribution in [-0.2, 0) is 30.4 Å². The second-order valence-electron chi connectivity index (χ2n) is 8.84. The Morgan fingerprint density at radius 3 is 2.50 bits per heavy atom. The van der Waals surface area contributed by atoms with Gasteiger partial charge in [-0.2, -0.15) is 0 Å². The number of nitrogens with zero attached hydrogens (tertiary/aromatic N) is 1. The maximum Gasteiger partial charge on any atom is 0.305 e. The van der Waals surface area contributed by atoms with E-state index < -0.39 is 18.4 Å². The van der Waals surface area contributed by atoms with Gasteiger partial charge in [-0.3, -0.25) is 14.4 Å². The predicted molar refractivity (Wildman–Crippen MR) is 141 cm³/mol. The van der Waals surface area contributed by atoms with E-state index >= 15 is 0 Å². The number of ether oxygens (including phenoxy) is 2. The number of esters is 1. The Hall–Kier alpha value is -3.71. The first-order chi connectivity index (χ1) is 18.4. The van der Waals surface area contributed by atoms with Crippen LogP contribution in [0.3, 0.4) is 0 Å². The molecule has 9 nitrogen and oxygen atoms in total. The SMILES string of the molecule is CCC(CO)OC(O)COC(=O)CCCC(=O)NCCC(=O)N1Cc2ccccc2C#Cc2ccccc21. The van der Waals surface area contributed by atoms with Crippen LogP contribution in [0.4, 0.5) is 5.69 Å². The van der Waals surface area contributed by atoms with Gasteiger partial charge in [0.05, 0.1) is 24.9 Å². The number of hydrogen-bond acceptors (Lipinski definition) is 7. The minimum Gasteiger partial charge on any atom is -0.460 e. The van der Waals surface area contributed by atoms with Crippen molar-refractivity contribution in [3.05, 3.63) is 65.2 Å².